The average molecular weight is 589 g/mol. The second kappa shape index (κ2) is 20.0. The minimum atomic E-state index is -0.936. The van der Waals surface area contributed by atoms with E-state index in [1.807, 2.05) is 48.5 Å². The molecule has 42 heavy (non-hydrogen) atoms. The summed E-state index contributed by atoms with van der Waals surface area (Å²) >= 11 is 0. The predicted molar refractivity (Wildman–Crippen MR) is 160 cm³/mol. The molecule has 1 aliphatic rings. The normalized spacial score (nSPS) is 15.6. The second-order valence-electron chi connectivity index (χ2n) is 10.4. The molecule has 0 fully saturated rings. The Morgan fingerprint density at radius 2 is 1.19 bits per heavy atom. The average Bonchev–Trinajstić information content (AvgIpc) is 3.01. The quantitative estimate of drug-likeness (QED) is 0.218. The topological polar surface area (TPSA) is 102 Å². The van der Waals surface area contributed by atoms with Crippen LogP contribution in [0.5, 0.6) is 23.0 Å². The van der Waals surface area contributed by atoms with Crippen LogP contribution in [0.2, 0.25) is 0 Å². The summed E-state index contributed by atoms with van der Waals surface area (Å²) in [7, 11) is 0. The number of hydrogen-bond acceptors (Lipinski definition) is 9. The number of ether oxygens (including phenoxy) is 7. The van der Waals surface area contributed by atoms with Crippen LogP contribution in [-0.2, 0) is 19.0 Å². The van der Waals surface area contributed by atoms with E-state index in [-0.39, 0.29) is 33.0 Å². The van der Waals surface area contributed by atoms with Crippen molar-refractivity contribution in [2.45, 2.75) is 70.3 Å². The van der Waals surface area contributed by atoms with Gasteiger partial charge in [0.25, 0.3) is 0 Å². The maximum absolute atomic E-state index is 12.4. The Labute approximate surface area is 250 Å². The van der Waals surface area contributed by atoms with Gasteiger partial charge in [0.05, 0.1) is 19.8 Å². The van der Waals surface area contributed by atoms with E-state index in [0.717, 1.165) is 51.4 Å². The molecule has 0 bridgehead atoms. The number of esters is 1. The molecule has 0 atom stereocenters. The monoisotopic (exact) mass is 588 g/mol. The van der Waals surface area contributed by atoms with E-state index in [2.05, 4.69) is 0 Å². The van der Waals surface area contributed by atoms with Crippen LogP contribution in [-0.4, -0.2) is 76.1 Å². The lowest BCUT2D eigenvalue weighted by Crippen LogP contribution is -2.46. The summed E-state index contributed by atoms with van der Waals surface area (Å²) in [6.45, 7) is 3.94. The fourth-order valence-electron chi connectivity index (χ4n) is 4.69. The molecular formula is C33H48O9. The summed E-state index contributed by atoms with van der Waals surface area (Å²) in [6.07, 6.45) is 9.01. The standard InChI is InChI=1S/C33H48O9/c1-2-37-32(35)25-42-33(19-13-7-5-3-4-6-8-14-20-34)26-40-30-17-11-9-15-28(30)38-23-21-36-22-24-39-29-16-10-12-18-31(29)41-27-33/h9-12,15-18,34H,2-8,13-14,19-27H2,1H3. The number of rotatable bonds is 14. The lowest BCUT2D eigenvalue weighted by atomic mass is 9.96. The second-order valence-corrected chi connectivity index (χ2v) is 10.4. The molecule has 0 aliphatic carbocycles. The molecule has 3 rings (SSSR count). The molecule has 1 heterocycles. The summed E-state index contributed by atoms with van der Waals surface area (Å²) in [5.41, 5.74) is -0.936. The highest BCUT2D eigenvalue weighted by Gasteiger charge is 2.35. The van der Waals surface area contributed by atoms with Gasteiger partial charge < -0.3 is 38.3 Å². The van der Waals surface area contributed by atoms with Crippen LogP contribution in [0.3, 0.4) is 0 Å². The Kier molecular flexibility index (Phi) is 15.9. The van der Waals surface area contributed by atoms with E-state index in [4.69, 9.17) is 38.3 Å². The highest BCUT2D eigenvalue weighted by Crippen LogP contribution is 2.32. The molecule has 2 aromatic rings. The van der Waals surface area contributed by atoms with Crippen molar-refractivity contribution in [1.82, 2.24) is 0 Å². The first kappa shape index (κ1) is 33.5. The van der Waals surface area contributed by atoms with Gasteiger partial charge in [-0.2, -0.15) is 0 Å². The fourth-order valence-corrected chi connectivity index (χ4v) is 4.69. The smallest absolute Gasteiger partial charge is 0.332 e. The van der Waals surface area contributed by atoms with Crippen LogP contribution in [0.15, 0.2) is 48.5 Å². The SMILES string of the molecule is CCOC(=O)COC1(CCCCCCCCCCO)COc2ccccc2OCCOCCOc2ccccc2OC1. The molecule has 0 aromatic heterocycles. The van der Waals surface area contributed by atoms with Crippen LogP contribution < -0.4 is 18.9 Å². The first-order valence-corrected chi connectivity index (χ1v) is 15.3. The van der Waals surface area contributed by atoms with E-state index in [0.29, 0.717) is 55.8 Å². The Morgan fingerprint density at radius 3 is 1.69 bits per heavy atom. The number of para-hydroxylation sites is 4. The van der Waals surface area contributed by atoms with Gasteiger partial charge in [0.1, 0.15) is 38.6 Å². The van der Waals surface area contributed by atoms with Crippen LogP contribution in [0.1, 0.15) is 64.7 Å². The van der Waals surface area contributed by atoms with Crippen molar-refractivity contribution < 1.29 is 43.1 Å². The Bertz CT molecular complexity index is 957. The van der Waals surface area contributed by atoms with E-state index in [9.17, 15) is 4.79 Å². The molecule has 0 unspecified atom stereocenters. The fraction of sp³-hybridized carbons (Fsp3) is 0.606. The predicted octanol–water partition coefficient (Wildman–Crippen LogP) is 5.75. The van der Waals surface area contributed by atoms with Crippen molar-refractivity contribution in [3.05, 3.63) is 48.5 Å². The summed E-state index contributed by atoms with van der Waals surface area (Å²) in [5, 5.41) is 8.97. The van der Waals surface area contributed by atoms with Gasteiger partial charge in [0, 0.05) is 6.61 Å². The Balaban J connectivity index is 1.78. The summed E-state index contributed by atoms with van der Waals surface area (Å²) in [5.74, 6) is 1.95. The maximum Gasteiger partial charge on any atom is 0.332 e. The number of carbonyl (C=O) groups excluding carboxylic acids is 1. The largest absolute Gasteiger partial charge is 0.487 e. The molecule has 0 amide bonds. The number of carbonyl (C=O) groups is 1. The molecule has 2 aromatic carbocycles. The third-order valence-electron chi connectivity index (χ3n) is 6.99. The van der Waals surface area contributed by atoms with E-state index >= 15 is 0 Å². The molecule has 0 saturated heterocycles. The van der Waals surface area contributed by atoms with Crippen LogP contribution in [0.4, 0.5) is 0 Å². The van der Waals surface area contributed by atoms with E-state index in [1.54, 1.807) is 6.92 Å². The minimum absolute atomic E-state index is 0.146. The first-order valence-electron chi connectivity index (χ1n) is 15.3. The zero-order chi connectivity index (χ0) is 29.7. The van der Waals surface area contributed by atoms with E-state index in [1.165, 1.54) is 0 Å². The van der Waals surface area contributed by atoms with Gasteiger partial charge >= 0.3 is 5.97 Å². The zero-order valence-electron chi connectivity index (χ0n) is 25.1. The van der Waals surface area contributed by atoms with Gasteiger partial charge in [-0.3, -0.25) is 0 Å². The molecule has 9 heteroatoms. The number of hydrogen-bond donors (Lipinski definition) is 1. The number of aliphatic hydroxyl groups excluding tert-OH is 1. The van der Waals surface area contributed by atoms with Crippen molar-refractivity contribution in [2.24, 2.45) is 0 Å². The first-order chi connectivity index (χ1) is 20.7. The number of fused-ring (bicyclic) bond motifs is 2. The summed E-state index contributed by atoms with van der Waals surface area (Å²) < 4.78 is 41.8. The molecule has 234 valence electrons. The highest BCUT2D eigenvalue weighted by molar-refractivity contribution is 5.70. The number of benzene rings is 2. The van der Waals surface area contributed by atoms with Crippen molar-refractivity contribution >= 4 is 5.97 Å². The molecule has 9 nitrogen and oxygen atoms in total. The van der Waals surface area contributed by atoms with Crippen LogP contribution in [0, 0.1) is 0 Å². The summed E-state index contributed by atoms with van der Waals surface area (Å²) in [6, 6.07) is 15.0. The van der Waals surface area contributed by atoms with E-state index < -0.39 is 11.6 Å². The number of unbranched alkanes of at least 4 members (excludes halogenated alkanes) is 7. The molecule has 1 aliphatic heterocycles. The van der Waals surface area contributed by atoms with Crippen LogP contribution in [0.25, 0.3) is 0 Å². The summed E-state index contributed by atoms with van der Waals surface area (Å²) in [4.78, 5) is 12.4. The Morgan fingerprint density at radius 1 is 0.714 bits per heavy atom. The molecule has 0 radical (unpaired) electrons. The zero-order valence-corrected chi connectivity index (χ0v) is 25.1. The van der Waals surface area contributed by atoms with Crippen molar-refractivity contribution in [3.8, 4) is 23.0 Å². The lowest BCUT2D eigenvalue weighted by molar-refractivity contribution is -0.162. The molecule has 1 N–H and O–H groups in total. The van der Waals surface area contributed by atoms with Crippen molar-refractivity contribution in [2.75, 3.05) is 59.5 Å². The third kappa shape index (κ3) is 12.5. The van der Waals surface area contributed by atoms with Gasteiger partial charge in [-0.05, 0) is 44.0 Å². The highest BCUT2D eigenvalue weighted by atomic mass is 16.6. The van der Waals surface area contributed by atoms with Gasteiger partial charge in [-0.25, -0.2) is 4.79 Å². The maximum atomic E-state index is 12.4. The van der Waals surface area contributed by atoms with Crippen molar-refractivity contribution in [1.29, 1.82) is 0 Å². The van der Waals surface area contributed by atoms with Crippen LogP contribution >= 0.6 is 0 Å². The number of aliphatic hydroxyl groups is 1. The van der Waals surface area contributed by atoms with Gasteiger partial charge in [-0.15, -0.1) is 0 Å². The molecule has 0 saturated carbocycles. The van der Waals surface area contributed by atoms with Gasteiger partial charge in [0.2, 0.25) is 0 Å². The lowest BCUT2D eigenvalue weighted by Gasteiger charge is -2.34. The van der Waals surface area contributed by atoms with Gasteiger partial charge in [-0.1, -0.05) is 69.2 Å². The Hall–Kier alpha value is -3.01. The van der Waals surface area contributed by atoms with Crippen molar-refractivity contribution in [3.63, 3.8) is 0 Å². The van der Waals surface area contributed by atoms with Gasteiger partial charge in [0.15, 0.2) is 23.0 Å². The minimum Gasteiger partial charge on any atom is -0.487 e. The molecular weight excluding hydrogens is 540 g/mol. The molecule has 0 spiro atoms. The third-order valence-corrected chi connectivity index (χ3v) is 6.99.